The monoisotopic (exact) mass is 386 g/mol. The highest BCUT2D eigenvalue weighted by Crippen LogP contribution is 2.47. The highest BCUT2D eigenvalue weighted by atomic mass is 32.1. The van der Waals surface area contributed by atoms with Crippen molar-refractivity contribution in [2.75, 3.05) is 13.1 Å². The molecule has 2 unspecified atom stereocenters. The van der Waals surface area contributed by atoms with Crippen molar-refractivity contribution in [2.24, 2.45) is 5.92 Å². The highest BCUT2D eigenvalue weighted by Gasteiger charge is 2.36. The Kier molecular flexibility index (Phi) is 5.04. The first-order valence-corrected chi connectivity index (χ1v) is 10.2. The molecule has 4 rings (SSSR count). The van der Waals surface area contributed by atoms with Gasteiger partial charge in [-0.2, -0.15) is 5.10 Å². The van der Waals surface area contributed by atoms with Crippen LogP contribution < -0.4 is 0 Å². The predicted octanol–water partition coefficient (Wildman–Crippen LogP) is 4.10. The Balaban J connectivity index is 1.33. The molecular formula is C20H26N4O2S. The lowest BCUT2D eigenvalue weighted by molar-refractivity contribution is -0.127. The van der Waals surface area contributed by atoms with Gasteiger partial charge in [0, 0.05) is 37.5 Å². The second kappa shape index (κ2) is 7.46. The molecule has 1 aliphatic carbocycles. The minimum atomic E-state index is 0.0422. The fourth-order valence-corrected chi connectivity index (χ4v) is 4.21. The standard InChI is InChI=1S/C20H26N4O2S/c1-3-24-19(21-22-20(24)27)14-8-10-23(11-9-14)18(25)7-5-15-4-6-17(26-15)16-12-13(16)2/h4-7,13-14,16H,3,8-12H2,1-2H3,(H,22,27). The summed E-state index contributed by atoms with van der Waals surface area (Å²) in [4.78, 5) is 14.4. The number of nitrogens with zero attached hydrogens (tertiary/aromatic N) is 3. The predicted molar refractivity (Wildman–Crippen MR) is 106 cm³/mol. The molecule has 7 heteroatoms. The van der Waals surface area contributed by atoms with E-state index in [9.17, 15) is 4.79 Å². The van der Waals surface area contributed by atoms with Gasteiger partial charge in [0.1, 0.15) is 17.3 Å². The largest absolute Gasteiger partial charge is 0.461 e. The molecule has 1 saturated heterocycles. The summed E-state index contributed by atoms with van der Waals surface area (Å²) >= 11 is 5.28. The van der Waals surface area contributed by atoms with Crippen molar-refractivity contribution in [3.63, 3.8) is 0 Å². The Morgan fingerprint density at radius 3 is 2.81 bits per heavy atom. The molecule has 27 heavy (non-hydrogen) atoms. The zero-order valence-corrected chi connectivity index (χ0v) is 16.7. The number of amides is 1. The van der Waals surface area contributed by atoms with Crippen LogP contribution in [0.1, 0.15) is 62.3 Å². The molecule has 6 nitrogen and oxygen atoms in total. The number of hydrogen-bond acceptors (Lipinski definition) is 4. The number of likely N-dealkylation sites (tertiary alicyclic amines) is 1. The fourth-order valence-electron chi connectivity index (χ4n) is 3.94. The van der Waals surface area contributed by atoms with E-state index < -0.39 is 0 Å². The van der Waals surface area contributed by atoms with E-state index >= 15 is 0 Å². The van der Waals surface area contributed by atoms with Crippen LogP contribution in [0, 0.1) is 10.7 Å². The lowest BCUT2D eigenvalue weighted by Crippen LogP contribution is -2.37. The van der Waals surface area contributed by atoms with Gasteiger partial charge in [-0.25, -0.2) is 0 Å². The molecule has 144 valence electrons. The summed E-state index contributed by atoms with van der Waals surface area (Å²) in [5.74, 6) is 4.48. The minimum absolute atomic E-state index is 0.0422. The van der Waals surface area contributed by atoms with Crippen molar-refractivity contribution >= 4 is 24.2 Å². The number of H-pyrrole nitrogens is 1. The highest BCUT2D eigenvalue weighted by molar-refractivity contribution is 7.71. The molecule has 2 aliphatic rings. The number of carbonyl (C=O) groups excluding carboxylic acids is 1. The third-order valence-electron chi connectivity index (χ3n) is 5.79. The maximum atomic E-state index is 12.5. The van der Waals surface area contributed by atoms with Crippen LogP contribution in [0.5, 0.6) is 0 Å². The molecule has 0 bridgehead atoms. The Bertz CT molecular complexity index is 901. The summed E-state index contributed by atoms with van der Waals surface area (Å²) in [5.41, 5.74) is 0. The van der Waals surface area contributed by atoms with Crippen LogP contribution >= 0.6 is 12.2 Å². The molecule has 0 aromatic carbocycles. The smallest absolute Gasteiger partial charge is 0.246 e. The summed E-state index contributed by atoms with van der Waals surface area (Å²) in [6.07, 6.45) is 6.42. The Morgan fingerprint density at radius 2 is 2.15 bits per heavy atom. The van der Waals surface area contributed by atoms with E-state index in [0.717, 1.165) is 49.8 Å². The summed E-state index contributed by atoms with van der Waals surface area (Å²) in [5, 5.41) is 7.29. The molecule has 3 heterocycles. The maximum absolute atomic E-state index is 12.5. The van der Waals surface area contributed by atoms with Crippen LogP contribution in [0.15, 0.2) is 22.6 Å². The fraction of sp³-hybridized carbons (Fsp3) is 0.550. The van der Waals surface area contributed by atoms with Gasteiger partial charge in [-0.15, -0.1) is 0 Å². The number of nitrogens with one attached hydrogen (secondary N) is 1. The van der Waals surface area contributed by atoms with Crippen molar-refractivity contribution < 1.29 is 9.21 Å². The van der Waals surface area contributed by atoms with Gasteiger partial charge in [0.05, 0.1) is 0 Å². The molecule has 2 fully saturated rings. The van der Waals surface area contributed by atoms with Gasteiger partial charge in [0.15, 0.2) is 4.77 Å². The minimum Gasteiger partial charge on any atom is -0.461 e. The van der Waals surface area contributed by atoms with Crippen LogP contribution in [-0.4, -0.2) is 38.7 Å². The van der Waals surface area contributed by atoms with Crippen LogP contribution in [-0.2, 0) is 11.3 Å². The maximum Gasteiger partial charge on any atom is 0.246 e. The average molecular weight is 387 g/mol. The first-order valence-electron chi connectivity index (χ1n) is 9.78. The third kappa shape index (κ3) is 3.78. The number of aromatic amines is 1. The van der Waals surface area contributed by atoms with Crippen LogP contribution in [0.3, 0.4) is 0 Å². The van der Waals surface area contributed by atoms with E-state index in [0.29, 0.717) is 22.5 Å². The number of rotatable bonds is 5. The van der Waals surface area contributed by atoms with E-state index in [1.165, 1.54) is 6.42 Å². The van der Waals surface area contributed by atoms with Crippen molar-refractivity contribution in [3.8, 4) is 0 Å². The van der Waals surface area contributed by atoms with E-state index in [2.05, 4.69) is 24.0 Å². The van der Waals surface area contributed by atoms with E-state index in [4.69, 9.17) is 16.6 Å². The number of aromatic nitrogens is 3. The van der Waals surface area contributed by atoms with Crippen molar-refractivity contribution in [2.45, 2.75) is 51.5 Å². The van der Waals surface area contributed by atoms with Gasteiger partial charge in [0.2, 0.25) is 5.91 Å². The molecule has 0 radical (unpaired) electrons. The van der Waals surface area contributed by atoms with E-state index in [1.54, 1.807) is 12.2 Å². The molecule has 2 aromatic heterocycles. The Labute approximate surface area is 164 Å². The Hall–Kier alpha value is -2.15. The zero-order valence-electron chi connectivity index (χ0n) is 15.9. The second-order valence-corrected chi connectivity index (χ2v) is 8.01. The molecule has 2 aromatic rings. The molecule has 1 amide bonds. The molecular weight excluding hydrogens is 360 g/mol. The average Bonchev–Trinajstić information content (AvgIpc) is 3.08. The van der Waals surface area contributed by atoms with Gasteiger partial charge in [-0.3, -0.25) is 9.89 Å². The van der Waals surface area contributed by atoms with Gasteiger partial charge < -0.3 is 13.9 Å². The van der Waals surface area contributed by atoms with Gasteiger partial charge in [-0.05, 0) is 62.5 Å². The lowest BCUT2D eigenvalue weighted by atomic mass is 9.96. The molecule has 1 aliphatic heterocycles. The normalized spacial score (nSPS) is 23.3. The van der Waals surface area contributed by atoms with E-state index in [1.807, 2.05) is 21.6 Å². The topological polar surface area (TPSA) is 67.1 Å². The second-order valence-electron chi connectivity index (χ2n) is 7.62. The summed E-state index contributed by atoms with van der Waals surface area (Å²) < 4.78 is 8.56. The number of carbonyl (C=O) groups is 1. The van der Waals surface area contributed by atoms with Gasteiger partial charge in [0.25, 0.3) is 0 Å². The van der Waals surface area contributed by atoms with Gasteiger partial charge >= 0.3 is 0 Å². The summed E-state index contributed by atoms with van der Waals surface area (Å²) in [7, 11) is 0. The SMILES string of the molecule is CCn1c(C2CCN(C(=O)C=Cc3ccc(C4CC4C)o3)CC2)n[nH]c1=S. The van der Waals surface area contributed by atoms with Crippen molar-refractivity contribution in [1.82, 2.24) is 19.7 Å². The number of piperidine rings is 1. The summed E-state index contributed by atoms with van der Waals surface area (Å²) in [6, 6.07) is 3.98. The molecule has 2 atom stereocenters. The molecule has 1 saturated carbocycles. The van der Waals surface area contributed by atoms with Crippen LogP contribution in [0.2, 0.25) is 0 Å². The number of hydrogen-bond donors (Lipinski definition) is 1. The zero-order chi connectivity index (χ0) is 19.0. The van der Waals surface area contributed by atoms with E-state index in [-0.39, 0.29) is 5.91 Å². The third-order valence-corrected chi connectivity index (χ3v) is 6.10. The molecule has 1 N–H and O–H groups in total. The first kappa shape index (κ1) is 18.2. The van der Waals surface area contributed by atoms with Gasteiger partial charge in [-0.1, -0.05) is 6.92 Å². The Morgan fingerprint density at radius 1 is 1.41 bits per heavy atom. The van der Waals surface area contributed by atoms with Crippen molar-refractivity contribution in [3.05, 3.63) is 40.3 Å². The quantitative estimate of drug-likeness (QED) is 0.621. The summed E-state index contributed by atoms with van der Waals surface area (Å²) in [6.45, 7) is 6.59. The first-order chi connectivity index (χ1) is 13.1. The van der Waals surface area contributed by atoms with Crippen LogP contribution in [0.4, 0.5) is 0 Å². The van der Waals surface area contributed by atoms with Crippen LogP contribution in [0.25, 0.3) is 6.08 Å². The molecule has 0 spiro atoms. The van der Waals surface area contributed by atoms with Crippen molar-refractivity contribution in [1.29, 1.82) is 0 Å². The lowest BCUT2D eigenvalue weighted by Gasteiger charge is -2.30. The number of furan rings is 1.